The van der Waals surface area contributed by atoms with Gasteiger partial charge >= 0.3 is 0 Å². The van der Waals surface area contributed by atoms with Gasteiger partial charge in [0, 0.05) is 5.57 Å². The number of hydrogen-bond donors (Lipinski definition) is 0. The molecule has 1 fully saturated rings. The largest absolute Gasteiger partial charge is 0.263 e. The fourth-order valence-electron chi connectivity index (χ4n) is 2.19. The molecule has 1 rings (SSSR count). The molecule has 0 nitrogen and oxygen atoms in total. The zero-order chi connectivity index (χ0) is 12.9. The van der Waals surface area contributed by atoms with Crippen molar-refractivity contribution in [3.05, 3.63) is 35.5 Å². The van der Waals surface area contributed by atoms with Gasteiger partial charge in [-0.05, 0) is 38.0 Å². The number of rotatable bonds is 6. The zero-order valence-corrected chi connectivity index (χ0v) is 11.0. The number of halogens is 2. The van der Waals surface area contributed by atoms with Gasteiger partial charge in [-0.3, -0.25) is 0 Å². The van der Waals surface area contributed by atoms with Crippen LogP contribution in [0.15, 0.2) is 35.5 Å². The van der Waals surface area contributed by atoms with Crippen LogP contribution in [-0.4, -0.2) is 6.43 Å². The van der Waals surface area contributed by atoms with E-state index in [4.69, 9.17) is 0 Å². The van der Waals surface area contributed by atoms with Gasteiger partial charge in [0.1, 0.15) is 0 Å². The molecule has 1 aliphatic carbocycles. The Hall–Kier alpha value is -0.920. The molecule has 96 valence electrons. The lowest BCUT2D eigenvalue weighted by atomic mass is 9.90. The van der Waals surface area contributed by atoms with Gasteiger partial charge in [-0.1, -0.05) is 43.7 Å². The second-order valence-electron chi connectivity index (χ2n) is 4.71. The van der Waals surface area contributed by atoms with Crippen LogP contribution >= 0.6 is 0 Å². The quantitative estimate of drug-likeness (QED) is 0.554. The van der Waals surface area contributed by atoms with Crippen LogP contribution in [0.4, 0.5) is 8.78 Å². The minimum atomic E-state index is -2.37. The summed E-state index contributed by atoms with van der Waals surface area (Å²) in [7, 11) is 0. The molecule has 2 heteroatoms. The summed E-state index contributed by atoms with van der Waals surface area (Å²) in [5, 5.41) is 0. The van der Waals surface area contributed by atoms with Crippen molar-refractivity contribution in [2.45, 2.75) is 52.9 Å². The highest BCUT2D eigenvalue weighted by Crippen LogP contribution is 2.55. The summed E-state index contributed by atoms with van der Waals surface area (Å²) in [6.07, 6.45) is 8.73. The molecule has 0 N–H and O–H groups in total. The molecule has 0 unspecified atom stereocenters. The van der Waals surface area contributed by atoms with E-state index in [0.717, 1.165) is 31.3 Å². The van der Waals surface area contributed by atoms with Crippen molar-refractivity contribution in [3.63, 3.8) is 0 Å². The lowest BCUT2D eigenvalue weighted by Gasteiger charge is -2.17. The molecular weight excluding hydrogens is 218 g/mol. The van der Waals surface area contributed by atoms with Crippen molar-refractivity contribution in [1.82, 2.24) is 0 Å². The molecule has 0 aromatic carbocycles. The third-order valence-electron chi connectivity index (χ3n) is 3.75. The van der Waals surface area contributed by atoms with Crippen molar-refractivity contribution in [3.8, 4) is 0 Å². The number of alkyl halides is 2. The summed E-state index contributed by atoms with van der Waals surface area (Å²) in [5.74, 6) is 0. The van der Waals surface area contributed by atoms with Crippen LogP contribution in [0.3, 0.4) is 0 Å². The number of hydrogen-bond acceptors (Lipinski definition) is 0. The summed E-state index contributed by atoms with van der Waals surface area (Å²) in [6, 6.07) is 0. The second-order valence-corrected chi connectivity index (χ2v) is 4.71. The molecule has 0 atom stereocenters. The van der Waals surface area contributed by atoms with Crippen molar-refractivity contribution < 1.29 is 8.78 Å². The normalized spacial score (nSPS) is 20.4. The van der Waals surface area contributed by atoms with Crippen molar-refractivity contribution in [1.29, 1.82) is 0 Å². The molecule has 0 aromatic rings. The number of allylic oxidation sites excluding steroid dienone is 6. The summed E-state index contributed by atoms with van der Waals surface area (Å²) in [4.78, 5) is 0. The molecule has 0 spiro atoms. The molecule has 1 saturated carbocycles. The van der Waals surface area contributed by atoms with E-state index in [9.17, 15) is 8.78 Å². The lowest BCUT2D eigenvalue weighted by Crippen LogP contribution is -2.07. The predicted molar refractivity (Wildman–Crippen MR) is 69.2 cm³/mol. The van der Waals surface area contributed by atoms with Crippen molar-refractivity contribution in [2.24, 2.45) is 5.41 Å². The minimum Gasteiger partial charge on any atom is -0.205 e. The van der Waals surface area contributed by atoms with E-state index in [1.54, 1.807) is 12.2 Å². The summed E-state index contributed by atoms with van der Waals surface area (Å²) < 4.78 is 26.0. The van der Waals surface area contributed by atoms with Crippen LogP contribution in [0, 0.1) is 5.41 Å². The SMILES string of the molecule is CC/C=C/C=C\C(=C(/C)C1(CC)CC1)C(F)F. The third kappa shape index (κ3) is 3.52. The Morgan fingerprint density at radius 3 is 2.29 bits per heavy atom. The van der Waals surface area contributed by atoms with Gasteiger partial charge in [-0.25, -0.2) is 8.78 Å². The van der Waals surface area contributed by atoms with Crippen LogP contribution < -0.4 is 0 Å². The van der Waals surface area contributed by atoms with Gasteiger partial charge < -0.3 is 0 Å². The summed E-state index contributed by atoms with van der Waals surface area (Å²) in [5.41, 5.74) is 1.17. The predicted octanol–water partition coefficient (Wildman–Crippen LogP) is 5.28. The standard InChI is InChI=1S/C15H22F2/c1-4-6-7-8-9-13(14(16)17)12(3)15(5-2)10-11-15/h6-9,14H,4-5,10-11H2,1-3H3/b7-6+,9-8-,13-12-. The first-order chi connectivity index (χ1) is 8.07. The van der Waals surface area contributed by atoms with Crippen LogP contribution in [0.2, 0.25) is 0 Å². The van der Waals surface area contributed by atoms with E-state index in [1.807, 2.05) is 26.0 Å². The molecule has 0 radical (unpaired) electrons. The average Bonchev–Trinajstić information content (AvgIpc) is 3.08. The van der Waals surface area contributed by atoms with E-state index < -0.39 is 6.43 Å². The maximum Gasteiger partial charge on any atom is 0.263 e. The zero-order valence-electron chi connectivity index (χ0n) is 11.0. The van der Waals surface area contributed by atoms with Crippen LogP contribution in [0.5, 0.6) is 0 Å². The summed E-state index contributed by atoms with van der Waals surface area (Å²) >= 11 is 0. The van der Waals surface area contributed by atoms with Gasteiger partial charge in [0.25, 0.3) is 6.43 Å². The highest BCUT2D eigenvalue weighted by molar-refractivity contribution is 5.35. The van der Waals surface area contributed by atoms with E-state index in [-0.39, 0.29) is 11.0 Å². The molecule has 1 aliphatic rings. The Kier molecular flexibility index (Phi) is 5.10. The Balaban J connectivity index is 2.88. The Morgan fingerprint density at radius 1 is 1.24 bits per heavy atom. The summed E-state index contributed by atoms with van der Waals surface area (Å²) in [6.45, 7) is 5.97. The fraction of sp³-hybridized carbons (Fsp3) is 0.600. The molecule has 0 aromatic heterocycles. The highest BCUT2D eigenvalue weighted by atomic mass is 19.3. The van der Waals surface area contributed by atoms with Crippen molar-refractivity contribution in [2.75, 3.05) is 0 Å². The molecule has 0 saturated heterocycles. The van der Waals surface area contributed by atoms with Gasteiger partial charge in [0.15, 0.2) is 0 Å². The highest BCUT2D eigenvalue weighted by Gasteiger charge is 2.43. The Labute approximate surface area is 103 Å². The molecular formula is C15H22F2. The first-order valence-electron chi connectivity index (χ1n) is 6.40. The monoisotopic (exact) mass is 240 g/mol. The van der Waals surface area contributed by atoms with E-state index in [0.29, 0.717) is 0 Å². The topological polar surface area (TPSA) is 0 Å². The van der Waals surface area contributed by atoms with Gasteiger partial charge in [0.2, 0.25) is 0 Å². The van der Waals surface area contributed by atoms with Crippen LogP contribution in [0.1, 0.15) is 46.5 Å². The minimum absolute atomic E-state index is 0.0740. The second kappa shape index (κ2) is 6.13. The fourth-order valence-corrected chi connectivity index (χ4v) is 2.19. The van der Waals surface area contributed by atoms with Gasteiger partial charge in [-0.2, -0.15) is 0 Å². The Morgan fingerprint density at radius 2 is 1.88 bits per heavy atom. The maximum atomic E-state index is 13.0. The van der Waals surface area contributed by atoms with Crippen molar-refractivity contribution >= 4 is 0 Å². The van der Waals surface area contributed by atoms with Crippen LogP contribution in [-0.2, 0) is 0 Å². The third-order valence-corrected chi connectivity index (χ3v) is 3.75. The maximum absolute atomic E-state index is 13.0. The lowest BCUT2D eigenvalue weighted by molar-refractivity contribution is 0.191. The Bertz CT molecular complexity index is 331. The van der Waals surface area contributed by atoms with E-state index in [2.05, 4.69) is 6.92 Å². The molecule has 17 heavy (non-hydrogen) atoms. The van der Waals surface area contributed by atoms with E-state index >= 15 is 0 Å². The molecule has 0 heterocycles. The first kappa shape index (κ1) is 14.1. The first-order valence-corrected chi connectivity index (χ1v) is 6.40. The van der Waals surface area contributed by atoms with Crippen LogP contribution in [0.25, 0.3) is 0 Å². The average molecular weight is 240 g/mol. The molecule has 0 amide bonds. The molecule has 0 bridgehead atoms. The van der Waals surface area contributed by atoms with E-state index in [1.165, 1.54) is 0 Å². The smallest absolute Gasteiger partial charge is 0.205 e. The van der Waals surface area contributed by atoms with Gasteiger partial charge in [-0.15, -0.1) is 0 Å². The molecule has 0 aliphatic heterocycles. The van der Waals surface area contributed by atoms with Gasteiger partial charge in [0.05, 0.1) is 0 Å².